The number of hydrogen-bond donors (Lipinski definition) is 0. The number of aromatic nitrogens is 1. The van der Waals surface area contributed by atoms with Crippen molar-refractivity contribution in [2.24, 2.45) is 0 Å². The third-order valence-corrected chi connectivity index (χ3v) is 6.09. The van der Waals surface area contributed by atoms with E-state index >= 15 is 0 Å². The van der Waals surface area contributed by atoms with Crippen LogP contribution in [0.5, 0.6) is 23.0 Å². The number of benzene rings is 3. The fraction of sp³-hybridized carbons (Fsp3) is 0.207. The molecular formula is C29H27NO4S. The molecule has 0 saturated carbocycles. The molecule has 35 heavy (non-hydrogen) atoms. The smallest absolute Gasteiger partial charge is 0.162 e. The molecule has 3 aromatic carbocycles. The molecule has 0 fully saturated rings. The fourth-order valence-electron chi connectivity index (χ4n) is 3.93. The van der Waals surface area contributed by atoms with Gasteiger partial charge in [-0.3, -0.25) is 9.78 Å². The molecule has 4 aromatic rings. The molecule has 0 N–H and O–H groups in total. The van der Waals surface area contributed by atoms with E-state index in [1.54, 1.807) is 20.4 Å². The third kappa shape index (κ3) is 6.03. The zero-order chi connectivity index (χ0) is 24.8. The second-order valence-electron chi connectivity index (χ2n) is 8.31. The van der Waals surface area contributed by atoms with Gasteiger partial charge in [0.25, 0.3) is 0 Å². The third-order valence-electron chi connectivity index (χ3n) is 5.80. The first-order chi connectivity index (χ1) is 17.0. The molecule has 0 aliphatic rings. The Morgan fingerprint density at radius 1 is 0.886 bits per heavy atom. The number of carbonyl (C=O) groups is 1. The summed E-state index contributed by atoms with van der Waals surface area (Å²) in [4.78, 5) is 17.6. The molecule has 0 aliphatic heterocycles. The molecule has 0 saturated heterocycles. The lowest BCUT2D eigenvalue weighted by molar-refractivity contribution is -0.117. The Bertz CT molecular complexity index is 1370. The van der Waals surface area contributed by atoms with Crippen molar-refractivity contribution < 1.29 is 19.0 Å². The summed E-state index contributed by atoms with van der Waals surface area (Å²) in [6.07, 6.45) is 2.99. The largest absolute Gasteiger partial charge is 0.493 e. The van der Waals surface area contributed by atoms with Gasteiger partial charge in [-0.2, -0.15) is 0 Å². The topological polar surface area (TPSA) is 57.7 Å². The minimum absolute atomic E-state index is 0.140. The Kier molecular flexibility index (Phi) is 7.73. The summed E-state index contributed by atoms with van der Waals surface area (Å²) in [5, 5.41) is 0.822. The number of hydrogen-bond acceptors (Lipinski definition) is 6. The summed E-state index contributed by atoms with van der Waals surface area (Å²) in [5.41, 5.74) is 3.97. The number of carbonyl (C=O) groups excluding carboxylic acids is 1. The molecule has 0 radical (unpaired) electrons. The van der Waals surface area contributed by atoms with E-state index in [1.807, 2.05) is 73.7 Å². The molecule has 1 heterocycles. The van der Waals surface area contributed by atoms with Gasteiger partial charge in [-0.1, -0.05) is 48.6 Å². The van der Waals surface area contributed by atoms with Crippen molar-refractivity contribution in [3.8, 4) is 23.0 Å². The van der Waals surface area contributed by atoms with Gasteiger partial charge in [0.15, 0.2) is 11.5 Å². The normalized spacial score (nSPS) is 10.7. The van der Waals surface area contributed by atoms with Crippen LogP contribution in [-0.2, 0) is 17.6 Å². The van der Waals surface area contributed by atoms with Gasteiger partial charge in [0.1, 0.15) is 17.3 Å². The highest BCUT2D eigenvalue weighted by atomic mass is 32.1. The lowest BCUT2D eigenvalue weighted by Crippen LogP contribution is -2.11. The van der Waals surface area contributed by atoms with Crippen molar-refractivity contribution in [2.75, 3.05) is 14.2 Å². The van der Waals surface area contributed by atoms with E-state index in [0.717, 1.165) is 32.5 Å². The highest BCUT2D eigenvalue weighted by Crippen LogP contribution is 2.36. The van der Waals surface area contributed by atoms with Crippen LogP contribution in [0.2, 0.25) is 0 Å². The summed E-state index contributed by atoms with van der Waals surface area (Å²) in [7, 11) is 3.19. The van der Waals surface area contributed by atoms with Crippen LogP contribution in [0, 0.1) is 6.92 Å². The highest BCUT2D eigenvalue weighted by Gasteiger charge is 2.12. The van der Waals surface area contributed by atoms with Gasteiger partial charge in [-0.25, -0.2) is 0 Å². The van der Waals surface area contributed by atoms with E-state index in [1.165, 1.54) is 0 Å². The van der Waals surface area contributed by atoms with Gasteiger partial charge in [-0.15, -0.1) is 0 Å². The van der Waals surface area contributed by atoms with E-state index in [4.69, 9.17) is 26.4 Å². The van der Waals surface area contributed by atoms with Crippen LogP contribution >= 0.6 is 12.2 Å². The lowest BCUT2D eigenvalue weighted by atomic mass is 9.99. The number of aryl methyl sites for hydroxylation is 1. The maximum absolute atomic E-state index is 12.5. The second-order valence-corrected chi connectivity index (χ2v) is 8.89. The summed E-state index contributed by atoms with van der Waals surface area (Å²) in [6, 6.07) is 21.2. The maximum atomic E-state index is 12.5. The predicted octanol–water partition coefficient (Wildman–Crippen LogP) is 6.47. The van der Waals surface area contributed by atoms with Crippen LogP contribution in [0.15, 0.2) is 72.9 Å². The van der Waals surface area contributed by atoms with Gasteiger partial charge in [-0.05, 0) is 47.9 Å². The van der Waals surface area contributed by atoms with Crippen LogP contribution in [0.4, 0.5) is 0 Å². The molecule has 0 amide bonds. The van der Waals surface area contributed by atoms with E-state index in [9.17, 15) is 4.79 Å². The monoisotopic (exact) mass is 485 g/mol. The zero-order valence-electron chi connectivity index (χ0n) is 20.0. The van der Waals surface area contributed by atoms with E-state index in [2.05, 4.69) is 4.98 Å². The number of ketones is 1. The van der Waals surface area contributed by atoms with E-state index in [-0.39, 0.29) is 5.78 Å². The standard InChI is InChI=1S/C29H27NO4S/c1-19-6-4-5-7-21(19)15-22(31)16-24(35)14-20-8-10-23(11-9-20)34-27-12-13-30-26-18-29(33-3)28(32-2)17-25(26)27/h4-13,17-18H,14-16H2,1-3H3. The second kappa shape index (κ2) is 11.1. The molecule has 0 unspecified atom stereocenters. The molecule has 0 bridgehead atoms. The minimum Gasteiger partial charge on any atom is -0.493 e. The summed E-state index contributed by atoms with van der Waals surface area (Å²) in [6.45, 7) is 2.02. The quantitative estimate of drug-likeness (QED) is 0.240. The molecule has 1 aromatic heterocycles. The molecule has 5 nitrogen and oxygen atoms in total. The van der Waals surface area contributed by atoms with Crippen molar-refractivity contribution in [2.45, 2.75) is 26.2 Å². The Labute approximate surface area is 210 Å². The van der Waals surface area contributed by atoms with Gasteiger partial charge >= 0.3 is 0 Å². The Balaban J connectivity index is 1.40. The summed E-state index contributed by atoms with van der Waals surface area (Å²) >= 11 is 5.52. The SMILES string of the molecule is COc1cc2nccc(Oc3ccc(CC(=S)CC(=O)Cc4ccccc4C)cc3)c2cc1OC. The van der Waals surface area contributed by atoms with Crippen molar-refractivity contribution in [1.29, 1.82) is 0 Å². The first-order valence-electron chi connectivity index (χ1n) is 11.3. The molecule has 0 spiro atoms. The molecular weight excluding hydrogens is 458 g/mol. The number of nitrogens with zero attached hydrogens (tertiary/aromatic N) is 1. The molecule has 0 atom stereocenters. The number of thiocarbonyl (C=S) groups is 1. The van der Waals surface area contributed by atoms with Gasteiger partial charge < -0.3 is 14.2 Å². The summed E-state index contributed by atoms with van der Waals surface area (Å²) < 4.78 is 16.9. The number of pyridine rings is 1. The Hall–Kier alpha value is -3.77. The highest BCUT2D eigenvalue weighted by molar-refractivity contribution is 7.80. The number of fused-ring (bicyclic) bond motifs is 1. The molecule has 4 rings (SSSR count). The van der Waals surface area contributed by atoms with Gasteiger partial charge in [0.2, 0.25) is 0 Å². The predicted molar refractivity (Wildman–Crippen MR) is 142 cm³/mol. The van der Waals surface area contributed by atoms with Crippen molar-refractivity contribution in [3.63, 3.8) is 0 Å². The number of ether oxygens (including phenoxy) is 3. The zero-order valence-corrected chi connectivity index (χ0v) is 20.9. The maximum Gasteiger partial charge on any atom is 0.162 e. The molecule has 6 heteroatoms. The Morgan fingerprint density at radius 3 is 2.31 bits per heavy atom. The first kappa shape index (κ1) is 24.4. The average molecular weight is 486 g/mol. The van der Waals surface area contributed by atoms with Crippen LogP contribution in [0.3, 0.4) is 0 Å². The summed E-state index contributed by atoms with van der Waals surface area (Å²) in [5.74, 6) is 2.72. The van der Waals surface area contributed by atoms with Crippen LogP contribution in [0.1, 0.15) is 23.1 Å². The lowest BCUT2D eigenvalue weighted by Gasteiger charge is -2.12. The van der Waals surface area contributed by atoms with Crippen LogP contribution in [-0.4, -0.2) is 29.9 Å². The van der Waals surface area contributed by atoms with Crippen molar-refractivity contribution in [1.82, 2.24) is 4.98 Å². The van der Waals surface area contributed by atoms with Crippen LogP contribution in [0.25, 0.3) is 10.9 Å². The minimum atomic E-state index is 0.140. The first-order valence-corrected chi connectivity index (χ1v) is 11.7. The number of methoxy groups -OCH3 is 2. The molecule has 178 valence electrons. The number of rotatable bonds is 10. The van der Waals surface area contributed by atoms with E-state index in [0.29, 0.717) is 42.3 Å². The van der Waals surface area contributed by atoms with E-state index < -0.39 is 0 Å². The number of Topliss-reactive ketones (excluding diaryl/α,β-unsaturated/α-hetero) is 1. The fourth-order valence-corrected chi connectivity index (χ4v) is 4.26. The molecule has 0 aliphatic carbocycles. The Morgan fingerprint density at radius 2 is 1.60 bits per heavy atom. The van der Waals surface area contributed by atoms with Gasteiger partial charge in [0, 0.05) is 41.8 Å². The van der Waals surface area contributed by atoms with Crippen molar-refractivity contribution in [3.05, 3.63) is 89.6 Å². The van der Waals surface area contributed by atoms with Crippen LogP contribution < -0.4 is 14.2 Å². The van der Waals surface area contributed by atoms with Gasteiger partial charge in [0.05, 0.1) is 19.7 Å². The average Bonchev–Trinajstić information content (AvgIpc) is 2.86. The van der Waals surface area contributed by atoms with Crippen molar-refractivity contribution >= 4 is 33.8 Å².